The van der Waals surface area contributed by atoms with Crippen molar-refractivity contribution in [1.29, 1.82) is 0 Å². The van der Waals surface area contributed by atoms with E-state index in [1.54, 1.807) is 37.4 Å². The van der Waals surface area contributed by atoms with Crippen molar-refractivity contribution in [2.24, 2.45) is 28.8 Å². The number of halogens is 2. The molecule has 1 saturated heterocycles. The highest BCUT2D eigenvalue weighted by Gasteiger charge is 2.56. The number of imide groups is 1. The second-order valence-electron chi connectivity index (χ2n) is 8.51. The van der Waals surface area contributed by atoms with Crippen LogP contribution in [0.2, 0.25) is 10.0 Å². The largest absolute Gasteiger partial charge is 0.493 e. The number of carbonyl (C=O) groups is 2. The fraction of sp³-hybridized carbons (Fsp3) is 0.320. The van der Waals surface area contributed by atoms with Crippen LogP contribution in [0.25, 0.3) is 0 Å². The van der Waals surface area contributed by atoms with Crippen molar-refractivity contribution in [1.82, 2.24) is 5.01 Å². The lowest BCUT2D eigenvalue weighted by molar-refractivity contribution is -0.140. The van der Waals surface area contributed by atoms with Crippen molar-refractivity contribution in [2.75, 3.05) is 7.11 Å². The van der Waals surface area contributed by atoms with Crippen LogP contribution in [0.5, 0.6) is 11.5 Å². The SMILES string of the molecule is COc1cc(C=NN2C(=O)[C@@H]3[C@H](C2=O)[C@H]2C=C[C@H]3CC2)ccc1OCc1ccc(Cl)cc1Cl. The molecular weight excluding hydrogens is 463 g/mol. The zero-order valence-corrected chi connectivity index (χ0v) is 19.4. The minimum absolute atomic E-state index is 0.141. The summed E-state index contributed by atoms with van der Waals surface area (Å²) in [7, 11) is 1.54. The standard InChI is InChI=1S/C25H22Cl2N2O4/c1-32-21-10-14(2-9-20(21)33-13-17-7-8-18(26)11-19(17)27)12-28-29-24(30)22-15-3-4-16(6-5-15)23(22)25(29)31/h2-4,7-12,15-16,22-23H,5-6,13H2,1H3/t15-,16-,22-,23+/m0/s1. The molecule has 3 aliphatic carbocycles. The summed E-state index contributed by atoms with van der Waals surface area (Å²) in [6.07, 6.45) is 7.60. The van der Waals surface area contributed by atoms with Gasteiger partial charge in [-0.3, -0.25) is 9.59 Å². The number of hydrogen-bond donors (Lipinski definition) is 0. The maximum Gasteiger partial charge on any atom is 0.254 e. The van der Waals surface area contributed by atoms with E-state index in [9.17, 15) is 9.59 Å². The Morgan fingerprint density at radius 3 is 2.30 bits per heavy atom. The predicted molar refractivity (Wildman–Crippen MR) is 126 cm³/mol. The van der Waals surface area contributed by atoms with Gasteiger partial charge in [0.15, 0.2) is 11.5 Å². The van der Waals surface area contributed by atoms with Crippen LogP contribution in [0.4, 0.5) is 0 Å². The number of carbonyl (C=O) groups excluding carboxylic acids is 2. The fourth-order valence-corrected chi connectivity index (χ4v) is 5.44. The Morgan fingerprint density at radius 1 is 1.00 bits per heavy atom. The highest BCUT2D eigenvalue weighted by atomic mass is 35.5. The van der Waals surface area contributed by atoms with Crippen LogP contribution < -0.4 is 9.47 Å². The van der Waals surface area contributed by atoms with Gasteiger partial charge in [0.25, 0.3) is 11.8 Å². The summed E-state index contributed by atoms with van der Waals surface area (Å²) in [6, 6.07) is 10.5. The number of hydrogen-bond acceptors (Lipinski definition) is 5. The van der Waals surface area contributed by atoms with Crippen molar-refractivity contribution < 1.29 is 19.1 Å². The summed E-state index contributed by atoms with van der Waals surface area (Å²) in [6.45, 7) is 0.246. The smallest absolute Gasteiger partial charge is 0.254 e. The molecule has 2 fully saturated rings. The summed E-state index contributed by atoms with van der Waals surface area (Å²) in [5, 5.41) is 6.38. The second-order valence-corrected chi connectivity index (χ2v) is 9.35. The maximum absolute atomic E-state index is 12.9. The predicted octanol–water partition coefficient (Wildman–Crippen LogP) is 5.11. The number of rotatable bonds is 6. The molecule has 2 amide bonds. The average molecular weight is 485 g/mol. The molecule has 0 unspecified atom stereocenters. The molecule has 1 heterocycles. The summed E-state index contributed by atoms with van der Waals surface area (Å²) in [5.74, 6) is 0.359. The zero-order chi connectivity index (χ0) is 23.1. The van der Waals surface area contributed by atoms with E-state index in [1.807, 2.05) is 6.07 Å². The number of fused-ring (bicyclic) bond motifs is 1. The minimum Gasteiger partial charge on any atom is -0.493 e. The van der Waals surface area contributed by atoms with Gasteiger partial charge in [0.05, 0.1) is 25.2 Å². The highest BCUT2D eigenvalue weighted by molar-refractivity contribution is 6.35. The van der Waals surface area contributed by atoms with Gasteiger partial charge in [0, 0.05) is 15.6 Å². The van der Waals surface area contributed by atoms with Crippen LogP contribution in [0.15, 0.2) is 53.7 Å². The minimum atomic E-state index is -0.275. The van der Waals surface area contributed by atoms with E-state index in [-0.39, 0.29) is 42.1 Å². The van der Waals surface area contributed by atoms with E-state index >= 15 is 0 Å². The third-order valence-corrected chi connectivity index (χ3v) is 7.23. The van der Waals surface area contributed by atoms with E-state index in [0.717, 1.165) is 23.4 Å². The lowest BCUT2D eigenvalue weighted by atomic mass is 9.63. The van der Waals surface area contributed by atoms with E-state index < -0.39 is 0 Å². The molecule has 1 aliphatic heterocycles. The van der Waals surface area contributed by atoms with Crippen molar-refractivity contribution >= 4 is 41.2 Å². The topological polar surface area (TPSA) is 68.2 Å². The second kappa shape index (κ2) is 8.84. The number of benzene rings is 2. The van der Waals surface area contributed by atoms with E-state index in [2.05, 4.69) is 17.3 Å². The Morgan fingerprint density at radius 2 is 1.70 bits per heavy atom. The third-order valence-electron chi connectivity index (χ3n) is 6.64. The van der Waals surface area contributed by atoms with Gasteiger partial charge in [-0.25, -0.2) is 0 Å². The molecule has 2 aromatic rings. The first kappa shape index (κ1) is 22.0. The summed E-state index contributed by atoms with van der Waals surface area (Å²) >= 11 is 12.2. The molecule has 8 heteroatoms. The number of ether oxygens (including phenoxy) is 2. The van der Waals surface area contributed by atoms with Crippen LogP contribution in [-0.2, 0) is 16.2 Å². The molecule has 4 aliphatic rings. The monoisotopic (exact) mass is 484 g/mol. The molecule has 170 valence electrons. The van der Waals surface area contributed by atoms with Gasteiger partial charge in [-0.1, -0.05) is 41.4 Å². The fourth-order valence-electron chi connectivity index (χ4n) is 4.97. The van der Waals surface area contributed by atoms with E-state index in [4.69, 9.17) is 32.7 Å². The molecule has 0 aromatic heterocycles. The molecule has 6 rings (SSSR count). The van der Waals surface area contributed by atoms with E-state index in [1.165, 1.54) is 6.21 Å². The maximum atomic E-state index is 12.9. The number of amides is 2. The lowest BCUT2D eigenvalue weighted by Gasteiger charge is -2.37. The first-order chi connectivity index (χ1) is 16.0. The van der Waals surface area contributed by atoms with Crippen molar-refractivity contribution in [3.8, 4) is 11.5 Å². The van der Waals surface area contributed by atoms with Gasteiger partial charge in [-0.15, -0.1) is 0 Å². The molecule has 1 saturated carbocycles. The molecule has 2 aromatic carbocycles. The molecule has 4 atom stereocenters. The lowest BCUT2D eigenvalue weighted by Crippen LogP contribution is -2.38. The third kappa shape index (κ3) is 4.02. The van der Waals surface area contributed by atoms with Gasteiger partial charge < -0.3 is 9.47 Å². The Bertz CT molecular complexity index is 1150. The van der Waals surface area contributed by atoms with Crippen molar-refractivity contribution in [3.63, 3.8) is 0 Å². The number of methoxy groups -OCH3 is 1. The first-order valence-corrected chi connectivity index (χ1v) is 11.6. The van der Waals surface area contributed by atoms with Crippen LogP contribution in [0.3, 0.4) is 0 Å². The summed E-state index contributed by atoms with van der Waals surface area (Å²) < 4.78 is 11.3. The van der Waals surface area contributed by atoms with Gasteiger partial charge in [-0.2, -0.15) is 10.1 Å². The Hall–Kier alpha value is -2.83. The van der Waals surface area contributed by atoms with Crippen LogP contribution in [0.1, 0.15) is 24.0 Å². The average Bonchev–Trinajstić information content (AvgIpc) is 3.10. The van der Waals surface area contributed by atoms with Gasteiger partial charge in [-0.05, 0) is 60.6 Å². The molecule has 0 N–H and O–H groups in total. The number of allylic oxidation sites excluding steroid dienone is 2. The summed E-state index contributed by atoms with van der Waals surface area (Å²) in [4.78, 5) is 25.8. The van der Waals surface area contributed by atoms with Crippen LogP contribution in [0, 0.1) is 23.7 Å². The molecule has 33 heavy (non-hydrogen) atoms. The first-order valence-electron chi connectivity index (χ1n) is 10.8. The Labute approximate surface area is 201 Å². The molecule has 0 spiro atoms. The quantitative estimate of drug-likeness (QED) is 0.324. The number of nitrogens with zero attached hydrogens (tertiary/aromatic N) is 2. The Kier molecular flexibility index (Phi) is 5.89. The zero-order valence-electron chi connectivity index (χ0n) is 17.9. The van der Waals surface area contributed by atoms with Crippen molar-refractivity contribution in [2.45, 2.75) is 19.4 Å². The Balaban J connectivity index is 1.30. The van der Waals surface area contributed by atoms with Crippen LogP contribution in [-0.4, -0.2) is 30.1 Å². The van der Waals surface area contributed by atoms with Gasteiger partial charge in [0.2, 0.25) is 0 Å². The number of hydrazone groups is 1. The molecule has 0 radical (unpaired) electrons. The molecule has 6 nitrogen and oxygen atoms in total. The van der Waals surface area contributed by atoms with Gasteiger partial charge in [0.1, 0.15) is 6.61 Å². The normalized spacial score (nSPS) is 25.7. The van der Waals surface area contributed by atoms with Crippen LogP contribution >= 0.6 is 23.2 Å². The van der Waals surface area contributed by atoms with Gasteiger partial charge >= 0.3 is 0 Å². The molecular formula is C25H22Cl2N2O4. The van der Waals surface area contributed by atoms with Crippen molar-refractivity contribution in [3.05, 3.63) is 69.7 Å². The molecule has 2 bridgehead atoms. The summed E-state index contributed by atoms with van der Waals surface area (Å²) in [5.41, 5.74) is 1.48. The highest BCUT2D eigenvalue weighted by Crippen LogP contribution is 2.49. The van der Waals surface area contributed by atoms with E-state index in [0.29, 0.717) is 27.1 Å².